The zero-order valence-corrected chi connectivity index (χ0v) is 22.3. The monoisotopic (exact) mass is 466 g/mol. The van der Waals surface area contributed by atoms with Gasteiger partial charge in [-0.15, -0.1) is 0 Å². The van der Waals surface area contributed by atoms with Crippen LogP contribution in [0.2, 0.25) is 5.04 Å². The quantitative estimate of drug-likeness (QED) is 0.394. The maximum atomic E-state index is 9.34. The van der Waals surface area contributed by atoms with Crippen LogP contribution in [-0.2, 0) is 9.16 Å². The topological polar surface area (TPSA) is 38.7 Å². The van der Waals surface area contributed by atoms with Crippen molar-refractivity contribution in [3.05, 3.63) is 72.3 Å². The predicted molar refractivity (Wildman–Crippen MR) is 141 cm³/mol. The Kier molecular flexibility index (Phi) is 8.39. The summed E-state index contributed by atoms with van der Waals surface area (Å²) in [6.07, 6.45) is 5.29. The van der Waals surface area contributed by atoms with E-state index >= 15 is 0 Å². The van der Waals surface area contributed by atoms with Crippen LogP contribution in [0.15, 0.2) is 72.3 Å². The summed E-state index contributed by atoms with van der Waals surface area (Å²) in [5.41, 5.74) is 0.876. The highest BCUT2D eigenvalue weighted by Gasteiger charge is 2.51. The first-order valence-corrected chi connectivity index (χ1v) is 14.2. The zero-order chi connectivity index (χ0) is 24.1. The Hall–Kier alpha value is -1.72. The molecule has 2 aromatic rings. The van der Waals surface area contributed by atoms with E-state index in [4.69, 9.17) is 9.16 Å². The van der Waals surface area contributed by atoms with Gasteiger partial charge in [0.05, 0.1) is 24.9 Å². The third kappa shape index (κ3) is 6.05. The molecule has 1 N–H and O–H groups in total. The smallest absolute Gasteiger partial charge is 0.261 e. The lowest BCUT2D eigenvalue weighted by Crippen LogP contribution is -2.67. The maximum absolute atomic E-state index is 9.34. The summed E-state index contributed by atoms with van der Waals surface area (Å²) in [6, 6.07) is 21.6. The molecular formula is C29H42O3Si. The van der Waals surface area contributed by atoms with Gasteiger partial charge in [0.2, 0.25) is 0 Å². The molecular weight excluding hydrogens is 424 g/mol. The van der Waals surface area contributed by atoms with Gasteiger partial charge in [-0.25, -0.2) is 0 Å². The van der Waals surface area contributed by atoms with E-state index in [1.54, 1.807) is 0 Å². The molecule has 4 heteroatoms. The molecule has 2 aromatic carbocycles. The first-order chi connectivity index (χ1) is 15.6. The Labute approximate surface area is 202 Å². The molecule has 180 valence electrons. The Morgan fingerprint density at radius 1 is 1.12 bits per heavy atom. The largest absolute Gasteiger partial charge is 0.405 e. The first kappa shape index (κ1) is 25.9. The van der Waals surface area contributed by atoms with Crippen molar-refractivity contribution >= 4 is 18.7 Å². The Balaban J connectivity index is 1.82. The van der Waals surface area contributed by atoms with Gasteiger partial charge in [0, 0.05) is 0 Å². The fourth-order valence-corrected chi connectivity index (χ4v) is 10.1. The summed E-state index contributed by atoms with van der Waals surface area (Å²) < 4.78 is 13.7. The van der Waals surface area contributed by atoms with E-state index < -0.39 is 8.32 Å². The summed E-state index contributed by atoms with van der Waals surface area (Å²) in [7, 11) is -2.54. The molecule has 0 aliphatic carbocycles. The highest BCUT2D eigenvalue weighted by molar-refractivity contribution is 6.99. The van der Waals surface area contributed by atoms with E-state index in [1.807, 2.05) is 6.92 Å². The van der Waals surface area contributed by atoms with Crippen LogP contribution in [0.3, 0.4) is 0 Å². The van der Waals surface area contributed by atoms with Gasteiger partial charge in [-0.1, -0.05) is 100 Å². The van der Waals surface area contributed by atoms with Gasteiger partial charge >= 0.3 is 0 Å². The molecule has 1 aliphatic rings. The molecule has 1 saturated heterocycles. The molecule has 1 heterocycles. The molecule has 3 rings (SSSR count). The normalized spacial score (nSPS) is 23.0. The maximum Gasteiger partial charge on any atom is 0.261 e. The average Bonchev–Trinajstić information content (AvgIpc) is 3.14. The zero-order valence-electron chi connectivity index (χ0n) is 21.3. The number of aliphatic hydroxyl groups excluding tert-OH is 1. The third-order valence-corrected chi connectivity index (χ3v) is 11.9. The van der Waals surface area contributed by atoms with E-state index in [-0.39, 0.29) is 23.4 Å². The lowest BCUT2D eigenvalue weighted by molar-refractivity contribution is -0.0543. The highest BCUT2D eigenvalue weighted by atomic mass is 28.4. The average molecular weight is 467 g/mol. The van der Waals surface area contributed by atoms with Gasteiger partial charge in [0.15, 0.2) is 0 Å². The van der Waals surface area contributed by atoms with Gasteiger partial charge in [-0.3, -0.25) is 0 Å². The second-order valence-electron chi connectivity index (χ2n) is 11.1. The molecule has 0 spiro atoms. The Morgan fingerprint density at radius 2 is 1.67 bits per heavy atom. The van der Waals surface area contributed by atoms with Crippen LogP contribution in [0.25, 0.3) is 0 Å². The second kappa shape index (κ2) is 10.7. The molecule has 1 fully saturated rings. The van der Waals surface area contributed by atoms with E-state index in [2.05, 4.69) is 101 Å². The third-order valence-electron chi connectivity index (χ3n) is 6.92. The number of benzene rings is 2. The fourth-order valence-electron chi connectivity index (χ4n) is 5.51. The van der Waals surface area contributed by atoms with Gasteiger partial charge in [0.25, 0.3) is 8.32 Å². The number of ether oxygens (including phenoxy) is 1. The lowest BCUT2D eigenvalue weighted by Gasteiger charge is -2.43. The summed E-state index contributed by atoms with van der Waals surface area (Å²) in [5.74, 6) is 0.374. The van der Waals surface area contributed by atoms with Crippen LogP contribution < -0.4 is 10.4 Å². The Morgan fingerprint density at radius 3 is 2.15 bits per heavy atom. The van der Waals surface area contributed by atoms with E-state index in [0.29, 0.717) is 12.5 Å². The second-order valence-corrected chi connectivity index (χ2v) is 15.4. The van der Waals surface area contributed by atoms with Crippen molar-refractivity contribution in [2.75, 3.05) is 13.2 Å². The van der Waals surface area contributed by atoms with Crippen LogP contribution in [0.1, 0.15) is 60.8 Å². The SMILES string of the molecule is C/C(=C\[C@H](C)C[C@@]1(C)CC[C@H](CO[Si](c2ccccc2)(c2ccccc2)C(C)(C)C)O1)CO. The fraction of sp³-hybridized carbons (Fsp3) is 0.517. The molecule has 0 aromatic heterocycles. The summed E-state index contributed by atoms with van der Waals surface area (Å²) >= 11 is 0. The molecule has 3 nitrogen and oxygen atoms in total. The predicted octanol–water partition coefficient (Wildman–Crippen LogP) is 5.47. The molecule has 0 radical (unpaired) electrons. The summed E-state index contributed by atoms with van der Waals surface area (Å²) in [6.45, 7) is 14.1. The molecule has 1 aliphatic heterocycles. The molecule has 3 atom stereocenters. The molecule has 0 unspecified atom stereocenters. The van der Waals surface area contributed by atoms with Crippen LogP contribution in [0, 0.1) is 5.92 Å². The van der Waals surface area contributed by atoms with Crippen LogP contribution in [0.4, 0.5) is 0 Å². The number of rotatable bonds is 9. The van der Waals surface area contributed by atoms with Crippen LogP contribution in [0.5, 0.6) is 0 Å². The van der Waals surface area contributed by atoms with Crippen molar-refractivity contribution in [2.45, 2.75) is 77.5 Å². The molecule has 33 heavy (non-hydrogen) atoms. The Bertz CT molecular complexity index is 864. The van der Waals surface area contributed by atoms with Crippen molar-refractivity contribution in [1.82, 2.24) is 0 Å². The van der Waals surface area contributed by atoms with E-state index in [0.717, 1.165) is 24.8 Å². The summed E-state index contributed by atoms with van der Waals surface area (Å²) in [4.78, 5) is 0. The molecule has 0 saturated carbocycles. The van der Waals surface area contributed by atoms with Crippen LogP contribution >= 0.6 is 0 Å². The van der Waals surface area contributed by atoms with E-state index in [9.17, 15) is 5.11 Å². The number of allylic oxidation sites excluding steroid dienone is 1. The minimum Gasteiger partial charge on any atom is -0.405 e. The van der Waals surface area contributed by atoms with E-state index in [1.165, 1.54) is 10.4 Å². The lowest BCUT2D eigenvalue weighted by atomic mass is 9.89. The first-order valence-electron chi connectivity index (χ1n) is 12.3. The molecule has 0 amide bonds. The number of hydrogen-bond donors (Lipinski definition) is 1. The van der Waals surface area contributed by atoms with Crippen molar-refractivity contribution < 1.29 is 14.3 Å². The van der Waals surface area contributed by atoms with Gasteiger partial charge in [-0.05, 0) is 54.4 Å². The highest BCUT2D eigenvalue weighted by Crippen LogP contribution is 2.39. The van der Waals surface area contributed by atoms with Crippen LogP contribution in [-0.4, -0.2) is 38.3 Å². The minimum atomic E-state index is -2.54. The van der Waals surface area contributed by atoms with Gasteiger partial charge < -0.3 is 14.3 Å². The summed E-state index contributed by atoms with van der Waals surface area (Å²) in [5, 5.41) is 11.9. The number of aliphatic hydroxyl groups is 1. The minimum absolute atomic E-state index is 0.0290. The van der Waals surface area contributed by atoms with Crippen molar-refractivity contribution in [3.8, 4) is 0 Å². The van der Waals surface area contributed by atoms with Crippen molar-refractivity contribution in [3.63, 3.8) is 0 Å². The standard InChI is InChI=1S/C29H42O3Si/c1-23(19-24(2)21-30)20-29(6)18-17-25(32-29)22-31-33(28(3,4)5,26-13-9-7-10-14-26)27-15-11-8-12-16-27/h7-16,19,23,25,30H,17-18,20-22H2,1-6H3/b24-19+/t23-,25+,29+/m0/s1. The van der Waals surface area contributed by atoms with Crippen molar-refractivity contribution in [2.24, 2.45) is 5.92 Å². The van der Waals surface area contributed by atoms with Gasteiger partial charge in [0.1, 0.15) is 0 Å². The van der Waals surface area contributed by atoms with Gasteiger partial charge in [-0.2, -0.15) is 0 Å². The van der Waals surface area contributed by atoms with Crippen molar-refractivity contribution in [1.29, 1.82) is 0 Å². The number of hydrogen-bond acceptors (Lipinski definition) is 3. The molecule has 0 bridgehead atoms.